The summed E-state index contributed by atoms with van der Waals surface area (Å²) in [4.78, 5) is 28.4. The summed E-state index contributed by atoms with van der Waals surface area (Å²) >= 11 is 0. The molecular formula is C19H20N4O2. The molecule has 1 heterocycles. The normalized spacial score (nSPS) is 10.6. The van der Waals surface area contributed by atoms with Crippen LogP contribution in [0.1, 0.15) is 42.4 Å². The van der Waals surface area contributed by atoms with Crippen LogP contribution in [0.2, 0.25) is 0 Å². The lowest BCUT2D eigenvalue weighted by atomic mass is 10.1. The van der Waals surface area contributed by atoms with Crippen LogP contribution in [0.3, 0.4) is 0 Å². The highest BCUT2D eigenvalue weighted by atomic mass is 16.2. The van der Waals surface area contributed by atoms with Crippen LogP contribution in [0.5, 0.6) is 0 Å². The molecule has 2 rings (SSSR count). The summed E-state index contributed by atoms with van der Waals surface area (Å²) in [7, 11) is 0. The second-order valence-electron chi connectivity index (χ2n) is 6.63. The van der Waals surface area contributed by atoms with Crippen molar-refractivity contribution in [2.45, 2.75) is 32.7 Å². The molecule has 1 aromatic carbocycles. The minimum absolute atomic E-state index is 0.0789. The van der Waals surface area contributed by atoms with Gasteiger partial charge in [0.1, 0.15) is 5.69 Å². The van der Waals surface area contributed by atoms with Gasteiger partial charge in [0, 0.05) is 17.4 Å². The van der Waals surface area contributed by atoms with Gasteiger partial charge in [-0.3, -0.25) is 14.6 Å². The molecule has 0 atom stereocenters. The number of aromatic nitrogens is 1. The lowest BCUT2D eigenvalue weighted by Gasteiger charge is -2.20. The van der Waals surface area contributed by atoms with Crippen LogP contribution in [0.25, 0.3) is 0 Å². The Bertz CT molecular complexity index is 832. The molecule has 1 aromatic heterocycles. The monoisotopic (exact) mass is 336 g/mol. The van der Waals surface area contributed by atoms with E-state index in [0.29, 0.717) is 16.8 Å². The number of nitrogens with one attached hydrogen (secondary N) is 2. The van der Waals surface area contributed by atoms with Crippen LogP contribution in [-0.4, -0.2) is 22.3 Å². The largest absolute Gasteiger partial charge is 0.346 e. The SMILES string of the molecule is CC(C)(C)NC(=O)c1cc(NC(=O)Cc2ccccc2C#N)ccn1. The minimum Gasteiger partial charge on any atom is -0.346 e. The molecule has 0 fully saturated rings. The lowest BCUT2D eigenvalue weighted by Crippen LogP contribution is -2.40. The van der Waals surface area contributed by atoms with Crippen molar-refractivity contribution in [2.75, 3.05) is 5.32 Å². The van der Waals surface area contributed by atoms with Crippen molar-refractivity contribution in [3.8, 4) is 6.07 Å². The molecule has 0 radical (unpaired) electrons. The molecule has 0 saturated heterocycles. The summed E-state index contributed by atoms with van der Waals surface area (Å²) in [5.74, 6) is -0.575. The van der Waals surface area contributed by atoms with Crippen LogP contribution in [0.15, 0.2) is 42.6 Å². The number of nitrogens with zero attached hydrogens (tertiary/aromatic N) is 2. The molecule has 0 bridgehead atoms. The second-order valence-corrected chi connectivity index (χ2v) is 6.63. The van der Waals surface area contributed by atoms with E-state index in [2.05, 4.69) is 21.7 Å². The van der Waals surface area contributed by atoms with E-state index in [1.54, 1.807) is 30.3 Å². The topological polar surface area (TPSA) is 94.9 Å². The van der Waals surface area contributed by atoms with Crippen molar-refractivity contribution < 1.29 is 9.59 Å². The van der Waals surface area contributed by atoms with Gasteiger partial charge in [-0.15, -0.1) is 0 Å². The van der Waals surface area contributed by atoms with E-state index in [-0.39, 0.29) is 29.5 Å². The predicted molar refractivity (Wildman–Crippen MR) is 94.9 cm³/mol. The van der Waals surface area contributed by atoms with Crippen molar-refractivity contribution in [3.63, 3.8) is 0 Å². The smallest absolute Gasteiger partial charge is 0.270 e. The van der Waals surface area contributed by atoms with Crippen LogP contribution in [0, 0.1) is 11.3 Å². The first-order valence-electron chi connectivity index (χ1n) is 7.85. The number of amides is 2. The molecule has 0 unspecified atom stereocenters. The van der Waals surface area contributed by atoms with Crippen molar-refractivity contribution >= 4 is 17.5 Å². The fraction of sp³-hybridized carbons (Fsp3) is 0.263. The summed E-state index contributed by atoms with van der Waals surface area (Å²) in [6.45, 7) is 5.63. The Hall–Kier alpha value is -3.20. The van der Waals surface area contributed by atoms with E-state index in [4.69, 9.17) is 5.26 Å². The first-order valence-corrected chi connectivity index (χ1v) is 7.85. The molecule has 0 saturated carbocycles. The third-order valence-corrected chi connectivity index (χ3v) is 3.25. The van der Waals surface area contributed by atoms with E-state index in [9.17, 15) is 9.59 Å². The Balaban J connectivity index is 2.08. The van der Waals surface area contributed by atoms with E-state index in [0.717, 1.165) is 0 Å². The average Bonchev–Trinajstić information content (AvgIpc) is 2.54. The van der Waals surface area contributed by atoms with Gasteiger partial charge in [0.05, 0.1) is 18.1 Å². The first-order chi connectivity index (χ1) is 11.8. The average molecular weight is 336 g/mol. The number of hydrogen-bond donors (Lipinski definition) is 2. The van der Waals surface area contributed by atoms with Crippen LogP contribution >= 0.6 is 0 Å². The molecule has 6 nitrogen and oxygen atoms in total. The molecule has 0 spiro atoms. The van der Waals surface area contributed by atoms with Crippen molar-refractivity contribution in [3.05, 3.63) is 59.4 Å². The maximum atomic E-state index is 12.2. The molecule has 2 N–H and O–H groups in total. The number of rotatable bonds is 4. The van der Waals surface area contributed by atoms with Crippen LogP contribution in [0.4, 0.5) is 5.69 Å². The third kappa shape index (κ3) is 5.43. The molecule has 2 aromatic rings. The molecule has 0 aliphatic heterocycles. The summed E-state index contributed by atoms with van der Waals surface area (Å²) < 4.78 is 0. The fourth-order valence-electron chi connectivity index (χ4n) is 2.20. The van der Waals surface area contributed by atoms with Gasteiger partial charge < -0.3 is 10.6 Å². The molecule has 25 heavy (non-hydrogen) atoms. The number of benzene rings is 1. The Morgan fingerprint density at radius 3 is 2.60 bits per heavy atom. The highest BCUT2D eigenvalue weighted by Gasteiger charge is 2.17. The number of carbonyl (C=O) groups excluding carboxylic acids is 2. The quantitative estimate of drug-likeness (QED) is 0.897. The first kappa shape index (κ1) is 18.1. The Morgan fingerprint density at radius 1 is 1.20 bits per heavy atom. The van der Waals surface area contributed by atoms with Gasteiger partial charge in [0.2, 0.25) is 5.91 Å². The van der Waals surface area contributed by atoms with Gasteiger partial charge in [-0.05, 0) is 44.5 Å². The fourth-order valence-corrected chi connectivity index (χ4v) is 2.20. The van der Waals surface area contributed by atoms with E-state index < -0.39 is 0 Å². The van der Waals surface area contributed by atoms with Gasteiger partial charge >= 0.3 is 0 Å². The molecular weight excluding hydrogens is 316 g/mol. The summed E-state index contributed by atoms with van der Waals surface area (Å²) in [6.07, 6.45) is 1.55. The van der Waals surface area contributed by atoms with Crippen molar-refractivity contribution in [2.24, 2.45) is 0 Å². The zero-order valence-electron chi connectivity index (χ0n) is 14.5. The van der Waals surface area contributed by atoms with Gasteiger partial charge in [-0.25, -0.2) is 0 Å². The second kappa shape index (κ2) is 7.58. The highest BCUT2D eigenvalue weighted by Crippen LogP contribution is 2.12. The van der Waals surface area contributed by atoms with Crippen molar-refractivity contribution in [1.29, 1.82) is 5.26 Å². The van der Waals surface area contributed by atoms with E-state index in [1.165, 1.54) is 12.3 Å². The number of nitriles is 1. The maximum absolute atomic E-state index is 12.2. The molecule has 0 aliphatic carbocycles. The van der Waals surface area contributed by atoms with Crippen molar-refractivity contribution in [1.82, 2.24) is 10.3 Å². The minimum atomic E-state index is -0.376. The lowest BCUT2D eigenvalue weighted by molar-refractivity contribution is -0.115. The maximum Gasteiger partial charge on any atom is 0.270 e. The molecule has 6 heteroatoms. The zero-order chi connectivity index (χ0) is 18.4. The Morgan fingerprint density at radius 2 is 1.92 bits per heavy atom. The Labute approximate surface area is 146 Å². The molecule has 0 aliphatic rings. The summed E-state index contributed by atoms with van der Waals surface area (Å²) in [6, 6.07) is 12.2. The number of anilines is 1. The third-order valence-electron chi connectivity index (χ3n) is 3.25. The van der Waals surface area contributed by atoms with Crippen LogP contribution in [-0.2, 0) is 11.2 Å². The van der Waals surface area contributed by atoms with E-state index in [1.807, 2.05) is 20.8 Å². The highest BCUT2D eigenvalue weighted by molar-refractivity contribution is 5.96. The van der Waals surface area contributed by atoms with Gasteiger partial charge in [-0.2, -0.15) is 5.26 Å². The van der Waals surface area contributed by atoms with E-state index >= 15 is 0 Å². The summed E-state index contributed by atoms with van der Waals surface area (Å²) in [5.41, 5.74) is 1.46. The zero-order valence-corrected chi connectivity index (χ0v) is 14.5. The summed E-state index contributed by atoms with van der Waals surface area (Å²) in [5, 5.41) is 14.6. The number of carbonyl (C=O) groups is 2. The molecule has 128 valence electrons. The van der Waals surface area contributed by atoms with Gasteiger partial charge in [0.15, 0.2) is 0 Å². The standard InChI is InChI=1S/C19H20N4O2/c1-19(2,3)23-18(25)16-11-15(8-9-21-16)22-17(24)10-13-6-4-5-7-14(13)12-20/h4-9,11H,10H2,1-3H3,(H,23,25)(H,21,22,24). The van der Waals surface area contributed by atoms with Gasteiger partial charge in [-0.1, -0.05) is 18.2 Å². The van der Waals surface area contributed by atoms with Gasteiger partial charge in [0.25, 0.3) is 5.91 Å². The number of pyridine rings is 1. The number of hydrogen-bond acceptors (Lipinski definition) is 4. The Kier molecular flexibility index (Phi) is 5.50. The predicted octanol–water partition coefficient (Wildman–Crippen LogP) is 2.66. The molecule has 2 amide bonds. The van der Waals surface area contributed by atoms with Crippen LogP contribution < -0.4 is 10.6 Å².